The Bertz CT molecular complexity index is 612. The minimum atomic E-state index is -0.681. The number of methoxy groups -OCH3 is 1. The Hall–Kier alpha value is -1.51. The molecule has 1 atom stereocenters. The summed E-state index contributed by atoms with van der Waals surface area (Å²) in [4.78, 5) is 0. The van der Waals surface area contributed by atoms with Crippen LogP contribution in [0.2, 0.25) is 5.02 Å². The second kappa shape index (κ2) is 5.86. The lowest BCUT2D eigenvalue weighted by Crippen LogP contribution is -2.05. The SMILES string of the molecule is COc1ccc(C(O)c2c(C)cc(C)cc2C)cc1Cl. The minimum Gasteiger partial charge on any atom is -0.495 e. The summed E-state index contributed by atoms with van der Waals surface area (Å²) in [6, 6.07) is 9.53. The van der Waals surface area contributed by atoms with E-state index in [4.69, 9.17) is 16.3 Å². The first-order valence-corrected chi connectivity index (χ1v) is 6.91. The number of aliphatic hydroxyl groups is 1. The molecule has 3 heteroatoms. The van der Waals surface area contributed by atoms with Crippen LogP contribution >= 0.6 is 11.6 Å². The highest BCUT2D eigenvalue weighted by Gasteiger charge is 2.17. The average Bonchev–Trinajstić information content (AvgIpc) is 2.37. The van der Waals surface area contributed by atoms with Crippen LogP contribution in [0.3, 0.4) is 0 Å². The average molecular weight is 291 g/mol. The van der Waals surface area contributed by atoms with Crippen molar-refractivity contribution in [3.63, 3.8) is 0 Å². The van der Waals surface area contributed by atoms with Crippen molar-refractivity contribution in [1.29, 1.82) is 0 Å². The van der Waals surface area contributed by atoms with Crippen LogP contribution in [0, 0.1) is 20.8 Å². The summed E-state index contributed by atoms with van der Waals surface area (Å²) in [6.45, 7) is 6.09. The Morgan fingerprint density at radius 1 is 1.05 bits per heavy atom. The summed E-state index contributed by atoms with van der Waals surface area (Å²) in [6.07, 6.45) is -0.681. The number of aryl methyl sites for hydroxylation is 3. The lowest BCUT2D eigenvalue weighted by atomic mass is 9.92. The fourth-order valence-electron chi connectivity index (χ4n) is 2.64. The largest absolute Gasteiger partial charge is 0.495 e. The normalized spacial score (nSPS) is 12.3. The van der Waals surface area contributed by atoms with E-state index < -0.39 is 6.10 Å². The predicted octanol–water partition coefficient (Wildman–Crippen LogP) is 4.36. The maximum Gasteiger partial charge on any atom is 0.137 e. The molecule has 106 valence electrons. The molecule has 2 aromatic rings. The summed E-state index contributed by atoms with van der Waals surface area (Å²) < 4.78 is 5.14. The Morgan fingerprint density at radius 2 is 1.65 bits per heavy atom. The molecule has 20 heavy (non-hydrogen) atoms. The zero-order chi connectivity index (χ0) is 14.9. The molecule has 0 aromatic heterocycles. The first-order valence-electron chi connectivity index (χ1n) is 6.53. The standard InChI is InChI=1S/C17H19ClO2/c1-10-7-11(2)16(12(3)8-10)17(19)13-5-6-15(20-4)14(18)9-13/h5-9,17,19H,1-4H3. The van der Waals surface area contributed by atoms with Crippen molar-refractivity contribution in [3.05, 3.63) is 63.2 Å². The number of hydrogen-bond donors (Lipinski definition) is 1. The molecule has 2 nitrogen and oxygen atoms in total. The molecule has 0 spiro atoms. The van der Waals surface area contributed by atoms with Crippen LogP contribution < -0.4 is 4.74 Å². The molecular weight excluding hydrogens is 272 g/mol. The van der Waals surface area contributed by atoms with Gasteiger partial charge >= 0.3 is 0 Å². The summed E-state index contributed by atoms with van der Waals surface area (Å²) in [7, 11) is 1.57. The quantitative estimate of drug-likeness (QED) is 0.910. The highest BCUT2D eigenvalue weighted by atomic mass is 35.5. The third kappa shape index (κ3) is 2.82. The van der Waals surface area contributed by atoms with Gasteiger partial charge in [-0.2, -0.15) is 0 Å². The predicted molar refractivity (Wildman–Crippen MR) is 82.7 cm³/mol. The van der Waals surface area contributed by atoms with Gasteiger partial charge < -0.3 is 9.84 Å². The van der Waals surface area contributed by atoms with Crippen LogP contribution in [0.1, 0.15) is 33.9 Å². The third-order valence-corrected chi connectivity index (χ3v) is 3.80. The second-order valence-corrected chi connectivity index (χ2v) is 5.52. The molecule has 0 heterocycles. The summed E-state index contributed by atoms with van der Waals surface area (Å²) in [5, 5.41) is 11.1. The number of ether oxygens (including phenoxy) is 1. The van der Waals surface area contributed by atoms with Crippen LogP contribution in [0.4, 0.5) is 0 Å². The van der Waals surface area contributed by atoms with Gasteiger partial charge in [-0.1, -0.05) is 35.4 Å². The van der Waals surface area contributed by atoms with Gasteiger partial charge in [0.15, 0.2) is 0 Å². The van der Waals surface area contributed by atoms with Gasteiger partial charge in [-0.25, -0.2) is 0 Å². The summed E-state index contributed by atoms with van der Waals surface area (Å²) in [5.74, 6) is 0.611. The van der Waals surface area contributed by atoms with E-state index in [0.29, 0.717) is 10.8 Å². The number of hydrogen-bond acceptors (Lipinski definition) is 2. The smallest absolute Gasteiger partial charge is 0.137 e. The summed E-state index contributed by atoms with van der Waals surface area (Å²) >= 11 is 6.13. The van der Waals surface area contributed by atoms with E-state index >= 15 is 0 Å². The first kappa shape index (κ1) is 14.9. The van der Waals surface area contributed by atoms with Crippen molar-refractivity contribution in [2.75, 3.05) is 7.11 Å². The molecule has 0 aliphatic rings. The molecule has 0 amide bonds. The Kier molecular flexibility index (Phi) is 4.36. The molecule has 0 bridgehead atoms. The summed E-state index contributed by atoms with van der Waals surface area (Å²) in [5.41, 5.74) is 5.08. The molecule has 2 aromatic carbocycles. The molecule has 1 N–H and O–H groups in total. The van der Waals surface area contributed by atoms with E-state index in [1.807, 2.05) is 19.9 Å². The van der Waals surface area contributed by atoms with Crippen LogP contribution in [-0.2, 0) is 0 Å². The molecule has 0 radical (unpaired) electrons. The van der Waals surface area contributed by atoms with Crippen molar-refractivity contribution < 1.29 is 9.84 Å². The maximum atomic E-state index is 10.6. The van der Waals surface area contributed by atoms with Crippen molar-refractivity contribution >= 4 is 11.6 Å². The van der Waals surface area contributed by atoms with E-state index in [-0.39, 0.29) is 0 Å². The third-order valence-electron chi connectivity index (χ3n) is 3.50. The van der Waals surface area contributed by atoms with E-state index in [1.165, 1.54) is 5.56 Å². The fourth-order valence-corrected chi connectivity index (χ4v) is 2.91. The van der Waals surface area contributed by atoms with Crippen molar-refractivity contribution in [2.45, 2.75) is 26.9 Å². The van der Waals surface area contributed by atoms with Crippen LogP contribution in [0.5, 0.6) is 5.75 Å². The highest BCUT2D eigenvalue weighted by Crippen LogP contribution is 2.33. The van der Waals surface area contributed by atoms with Gasteiger partial charge in [-0.15, -0.1) is 0 Å². The zero-order valence-electron chi connectivity index (χ0n) is 12.2. The van der Waals surface area contributed by atoms with Crippen molar-refractivity contribution in [1.82, 2.24) is 0 Å². The van der Waals surface area contributed by atoms with Crippen LogP contribution in [0.15, 0.2) is 30.3 Å². The molecule has 0 fully saturated rings. The molecule has 0 aliphatic heterocycles. The van der Waals surface area contributed by atoms with Crippen LogP contribution in [0.25, 0.3) is 0 Å². The van der Waals surface area contributed by atoms with E-state index in [9.17, 15) is 5.11 Å². The topological polar surface area (TPSA) is 29.5 Å². The monoisotopic (exact) mass is 290 g/mol. The lowest BCUT2D eigenvalue weighted by molar-refractivity contribution is 0.218. The Labute approximate surface area is 125 Å². The first-order chi connectivity index (χ1) is 9.43. The highest BCUT2D eigenvalue weighted by molar-refractivity contribution is 6.32. The lowest BCUT2D eigenvalue weighted by Gasteiger charge is -2.18. The Morgan fingerprint density at radius 3 is 2.15 bits per heavy atom. The van der Waals surface area contributed by atoms with Crippen LogP contribution in [-0.4, -0.2) is 12.2 Å². The number of rotatable bonds is 3. The molecule has 0 aliphatic carbocycles. The van der Waals surface area contributed by atoms with E-state index in [2.05, 4.69) is 19.1 Å². The van der Waals surface area contributed by atoms with E-state index in [0.717, 1.165) is 22.3 Å². The van der Waals surface area contributed by atoms with Gasteiger partial charge in [-0.05, 0) is 55.2 Å². The van der Waals surface area contributed by atoms with Gasteiger partial charge in [0.2, 0.25) is 0 Å². The molecule has 2 rings (SSSR count). The van der Waals surface area contributed by atoms with Gasteiger partial charge in [0.25, 0.3) is 0 Å². The van der Waals surface area contributed by atoms with Gasteiger partial charge in [0, 0.05) is 0 Å². The van der Waals surface area contributed by atoms with E-state index in [1.54, 1.807) is 19.2 Å². The molecular formula is C17H19ClO2. The number of benzene rings is 2. The van der Waals surface area contributed by atoms with Gasteiger partial charge in [0.05, 0.1) is 12.1 Å². The fraction of sp³-hybridized carbons (Fsp3) is 0.294. The maximum absolute atomic E-state index is 10.6. The zero-order valence-corrected chi connectivity index (χ0v) is 13.0. The Balaban J connectivity index is 2.46. The number of aliphatic hydroxyl groups excluding tert-OH is 1. The van der Waals surface area contributed by atoms with Gasteiger partial charge in [-0.3, -0.25) is 0 Å². The minimum absolute atomic E-state index is 0.506. The molecule has 1 unspecified atom stereocenters. The molecule has 0 saturated heterocycles. The van der Waals surface area contributed by atoms with Crippen molar-refractivity contribution in [3.8, 4) is 5.75 Å². The van der Waals surface area contributed by atoms with Crippen molar-refractivity contribution in [2.24, 2.45) is 0 Å². The number of halogens is 1. The molecule has 0 saturated carbocycles. The van der Waals surface area contributed by atoms with Gasteiger partial charge in [0.1, 0.15) is 11.9 Å². The second-order valence-electron chi connectivity index (χ2n) is 5.11.